The second kappa shape index (κ2) is 9.88. The Morgan fingerprint density at radius 3 is 2.23 bits per heavy atom. The molecule has 31 heavy (non-hydrogen) atoms. The Bertz CT molecular complexity index is 1150. The number of rotatable bonds is 5. The number of aromatic nitrogens is 2. The number of ether oxygens (including phenoxy) is 1. The molecule has 0 spiro atoms. The molecule has 7 heteroatoms. The number of para-hydroxylation sites is 1. The average molecular weight is 415 g/mol. The maximum absolute atomic E-state index is 5.85. The molecule has 4 aromatic rings. The molecule has 1 aromatic heterocycles. The Kier molecular flexibility index (Phi) is 6.56. The van der Waals surface area contributed by atoms with Crippen molar-refractivity contribution in [1.82, 2.24) is 15.3 Å². The summed E-state index contributed by atoms with van der Waals surface area (Å²) in [6.07, 6.45) is 0. The monoisotopic (exact) mass is 414 g/mol. The van der Waals surface area contributed by atoms with Crippen molar-refractivity contribution in [2.24, 2.45) is 16.5 Å². The number of aromatic amines is 1. The van der Waals surface area contributed by atoms with Crippen LogP contribution < -0.4 is 21.5 Å². The smallest absolute Gasteiger partial charge is 0.138 e. The molecule has 1 aliphatic rings. The van der Waals surface area contributed by atoms with Gasteiger partial charge in [0.15, 0.2) is 0 Å². The number of nitrogens with one attached hydrogen (secondary N) is 2. The van der Waals surface area contributed by atoms with Gasteiger partial charge in [-0.15, -0.1) is 0 Å². The Morgan fingerprint density at radius 2 is 1.55 bits per heavy atom. The van der Waals surface area contributed by atoms with E-state index in [1.807, 2.05) is 60.7 Å². The highest BCUT2D eigenvalue weighted by atomic mass is 16.5. The minimum atomic E-state index is 0.597. The van der Waals surface area contributed by atoms with Crippen molar-refractivity contribution in [2.45, 2.75) is 0 Å². The van der Waals surface area contributed by atoms with Crippen LogP contribution in [0.2, 0.25) is 0 Å². The van der Waals surface area contributed by atoms with Crippen LogP contribution in [0.3, 0.4) is 0 Å². The molecule has 0 amide bonds. The largest absolute Gasteiger partial charge is 0.457 e. The molecule has 2 heterocycles. The zero-order valence-electron chi connectivity index (χ0n) is 17.2. The summed E-state index contributed by atoms with van der Waals surface area (Å²) in [7, 11) is 0. The zero-order chi connectivity index (χ0) is 21.5. The lowest BCUT2D eigenvalue weighted by Crippen LogP contribution is -2.19. The van der Waals surface area contributed by atoms with Crippen LogP contribution in [0.25, 0.3) is 22.4 Å². The van der Waals surface area contributed by atoms with E-state index in [2.05, 4.69) is 27.4 Å². The second-order valence-electron chi connectivity index (χ2n) is 6.99. The molecule has 3 aromatic carbocycles. The van der Waals surface area contributed by atoms with E-state index >= 15 is 0 Å². The van der Waals surface area contributed by atoms with Crippen LogP contribution in [0.5, 0.6) is 11.5 Å². The fourth-order valence-electron chi connectivity index (χ4n) is 3.19. The van der Waals surface area contributed by atoms with Crippen LogP contribution in [0.15, 0.2) is 77.8 Å². The van der Waals surface area contributed by atoms with Crippen LogP contribution >= 0.6 is 0 Å². The van der Waals surface area contributed by atoms with Gasteiger partial charge in [-0.1, -0.05) is 18.2 Å². The van der Waals surface area contributed by atoms with E-state index in [4.69, 9.17) is 21.2 Å². The van der Waals surface area contributed by atoms with Crippen molar-refractivity contribution in [3.05, 3.63) is 78.4 Å². The van der Waals surface area contributed by atoms with Crippen molar-refractivity contribution in [2.75, 3.05) is 26.2 Å². The first-order chi connectivity index (χ1) is 15.3. The summed E-state index contributed by atoms with van der Waals surface area (Å²) in [6, 6.07) is 23.9. The number of benzene rings is 3. The minimum absolute atomic E-state index is 0.597. The number of aliphatic imine (C=N–C) groups is 1. The van der Waals surface area contributed by atoms with Crippen molar-refractivity contribution in [3.63, 3.8) is 0 Å². The van der Waals surface area contributed by atoms with Gasteiger partial charge in [-0.05, 0) is 54.6 Å². The van der Waals surface area contributed by atoms with Crippen molar-refractivity contribution in [3.8, 4) is 22.9 Å². The van der Waals surface area contributed by atoms with E-state index in [1.165, 1.54) is 0 Å². The quantitative estimate of drug-likeness (QED) is 0.400. The first-order valence-electron chi connectivity index (χ1n) is 10.3. The zero-order valence-corrected chi connectivity index (χ0v) is 17.2. The van der Waals surface area contributed by atoms with Gasteiger partial charge in [0.05, 0.1) is 17.6 Å². The highest BCUT2D eigenvalue weighted by Crippen LogP contribution is 2.26. The standard InChI is InChI=1S/C22H18N4O.C2H8N2/c1-2-4-17(5-3-1)27-18-9-6-15(7-10-18)22-25-19-11-8-16(14-20(19)26-22)21-23-12-13-24-21;3-1-2-4/h1-11,14H,12-13H2,(H,23,24)(H,25,26);1-4H2. The number of fused-ring (bicyclic) bond motifs is 1. The molecular formula is C24H26N6O. The molecule has 0 unspecified atom stereocenters. The molecular weight excluding hydrogens is 388 g/mol. The summed E-state index contributed by atoms with van der Waals surface area (Å²) in [4.78, 5) is 12.6. The van der Waals surface area contributed by atoms with E-state index < -0.39 is 0 Å². The first-order valence-corrected chi connectivity index (χ1v) is 10.3. The Morgan fingerprint density at radius 1 is 0.839 bits per heavy atom. The van der Waals surface area contributed by atoms with Gasteiger partial charge in [0, 0.05) is 30.8 Å². The molecule has 158 valence electrons. The molecule has 0 fully saturated rings. The van der Waals surface area contributed by atoms with Crippen LogP contribution in [-0.2, 0) is 0 Å². The van der Waals surface area contributed by atoms with Gasteiger partial charge in [0.1, 0.15) is 23.2 Å². The molecule has 1 aliphatic heterocycles. The summed E-state index contributed by atoms with van der Waals surface area (Å²) in [5.41, 5.74) is 13.9. The predicted molar refractivity (Wildman–Crippen MR) is 126 cm³/mol. The van der Waals surface area contributed by atoms with Gasteiger partial charge in [0.25, 0.3) is 0 Å². The summed E-state index contributed by atoms with van der Waals surface area (Å²) in [5, 5.41) is 3.30. The summed E-state index contributed by atoms with van der Waals surface area (Å²) in [6.45, 7) is 2.93. The van der Waals surface area contributed by atoms with Crippen LogP contribution in [0, 0.1) is 0 Å². The average Bonchev–Trinajstić information content (AvgIpc) is 3.50. The van der Waals surface area contributed by atoms with Gasteiger partial charge in [-0.3, -0.25) is 4.99 Å². The number of H-pyrrole nitrogens is 1. The van der Waals surface area contributed by atoms with Crippen LogP contribution in [0.4, 0.5) is 0 Å². The van der Waals surface area contributed by atoms with Gasteiger partial charge in [0.2, 0.25) is 0 Å². The molecule has 0 radical (unpaired) electrons. The normalized spacial score (nSPS) is 12.6. The summed E-state index contributed by atoms with van der Waals surface area (Å²) < 4.78 is 5.85. The minimum Gasteiger partial charge on any atom is -0.457 e. The number of hydrogen-bond donors (Lipinski definition) is 4. The predicted octanol–water partition coefficient (Wildman–Crippen LogP) is 3.28. The molecule has 0 atom stereocenters. The third kappa shape index (κ3) is 5.09. The van der Waals surface area contributed by atoms with E-state index in [0.29, 0.717) is 13.1 Å². The van der Waals surface area contributed by atoms with Gasteiger partial charge in [-0.25, -0.2) is 4.98 Å². The van der Waals surface area contributed by atoms with Crippen molar-refractivity contribution in [1.29, 1.82) is 0 Å². The lowest BCUT2D eigenvalue weighted by Gasteiger charge is -2.05. The number of hydrogen-bond acceptors (Lipinski definition) is 6. The lowest BCUT2D eigenvalue weighted by atomic mass is 10.2. The molecule has 6 N–H and O–H groups in total. The Balaban J connectivity index is 0.000000535. The highest BCUT2D eigenvalue weighted by Gasteiger charge is 2.11. The van der Waals surface area contributed by atoms with Crippen LogP contribution in [-0.4, -0.2) is 42.0 Å². The summed E-state index contributed by atoms with van der Waals surface area (Å²) >= 11 is 0. The summed E-state index contributed by atoms with van der Waals surface area (Å²) in [5.74, 6) is 3.42. The van der Waals surface area contributed by atoms with Crippen molar-refractivity contribution < 1.29 is 4.74 Å². The maximum Gasteiger partial charge on any atom is 0.138 e. The fourth-order valence-corrected chi connectivity index (χ4v) is 3.19. The number of imidazole rings is 1. The Labute approximate surface area is 181 Å². The van der Waals surface area contributed by atoms with Gasteiger partial charge >= 0.3 is 0 Å². The lowest BCUT2D eigenvalue weighted by molar-refractivity contribution is 0.483. The van der Waals surface area contributed by atoms with E-state index in [-0.39, 0.29) is 0 Å². The number of nitrogens with two attached hydrogens (primary N) is 2. The van der Waals surface area contributed by atoms with E-state index in [1.54, 1.807) is 0 Å². The van der Waals surface area contributed by atoms with E-state index in [9.17, 15) is 0 Å². The molecule has 5 rings (SSSR count). The van der Waals surface area contributed by atoms with Gasteiger partial charge < -0.3 is 26.5 Å². The second-order valence-corrected chi connectivity index (χ2v) is 6.99. The van der Waals surface area contributed by atoms with Crippen LogP contribution in [0.1, 0.15) is 5.56 Å². The molecule has 0 saturated heterocycles. The molecule has 0 aliphatic carbocycles. The third-order valence-electron chi connectivity index (χ3n) is 4.70. The fraction of sp³-hybridized carbons (Fsp3) is 0.167. The Hall–Kier alpha value is -3.68. The SMILES string of the molecule is NCCN.c1ccc(Oc2ccc(-c3nc4ccc(C5=NCCN5)cc4[nH]3)cc2)cc1. The van der Waals surface area contributed by atoms with Crippen molar-refractivity contribution >= 4 is 16.9 Å². The number of amidine groups is 1. The topological polar surface area (TPSA) is 114 Å². The highest BCUT2D eigenvalue weighted by molar-refractivity contribution is 6.02. The third-order valence-corrected chi connectivity index (χ3v) is 4.70. The van der Waals surface area contributed by atoms with E-state index in [0.717, 1.165) is 58.4 Å². The molecule has 7 nitrogen and oxygen atoms in total. The van der Waals surface area contributed by atoms with Gasteiger partial charge in [-0.2, -0.15) is 0 Å². The molecule has 0 saturated carbocycles. The maximum atomic E-state index is 5.85. The molecule has 0 bridgehead atoms. The number of nitrogens with zero attached hydrogens (tertiary/aromatic N) is 2. The first kappa shape index (κ1) is 20.6.